The third kappa shape index (κ3) is 2.71. The Morgan fingerprint density at radius 2 is 2.16 bits per heavy atom. The molecule has 0 atom stereocenters. The number of rotatable bonds is 3. The second-order valence-electron chi connectivity index (χ2n) is 4.87. The number of nitrogens with two attached hydrogens (primary N) is 1. The van der Waals surface area contributed by atoms with Crippen LogP contribution >= 0.6 is 15.9 Å². The molecule has 1 aromatic heterocycles. The Balaban J connectivity index is 2.04. The van der Waals surface area contributed by atoms with Gasteiger partial charge in [0.15, 0.2) is 0 Å². The Bertz CT molecular complexity index is 623. The lowest BCUT2D eigenvalue weighted by Gasteiger charge is -2.11. The maximum atomic E-state index is 5.68. The van der Waals surface area contributed by atoms with E-state index in [9.17, 15) is 0 Å². The van der Waals surface area contributed by atoms with Crippen molar-refractivity contribution in [1.29, 1.82) is 0 Å². The van der Waals surface area contributed by atoms with Gasteiger partial charge in [-0.3, -0.25) is 0 Å². The van der Waals surface area contributed by atoms with Gasteiger partial charge in [0.2, 0.25) is 5.95 Å². The lowest BCUT2D eigenvalue weighted by atomic mass is 10.1. The van der Waals surface area contributed by atoms with E-state index >= 15 is 0 Å². The first-order chi connectivity index (χ1) is 9.13. The number of nitrogens with one attached hydrogen (secondary N) is 1. The van der Waals surface area contributed by atoms with Crippen LogP contribution in [0.15, 0.2) is 28.9 Å². The van der Waals surface area contributed by atoms with Gasteiger partial charge < -0.3 is 11.1 Å². The van der Waals surface area contributed by atoms with Crippen LogP contribution in [-0.4, -0.2) is 16.0 Å². The van der Waals surface area contributed by atoms with E-state index in [1.165, 1.54) is 18.4 Å². The fourth-order valence-corrected chi connectivity index (χ4v) is 2.28. The van der Waals surface area contributed by atoms with Gasteiger partial charge in [-0.1, -0.05) is 28.1 Å². The quantitative estimate of drug-likeness (QED) is 0.910. The van der Waals surface area contributed by atoms with Gasteiger partial charge in [-0.2, -0.15) is 4.98 Å². The van der Waals surface area contributed by atoms with Crippen LogP contribution < -0.4 is 11.1 Å². The molecule has 3 N–H and O–H groups in total. The monoisotopic (exact) mass is 318 g/mol. The van der Waals surface area contributed by atoms with E-state index < -0.39 is 0 Å². The third-order valence-electron chi connectivity index (χ3n) is 3.21. The van der Waals surface area contributed by atoms with Crippen LogP contribution in [-0.2, 0) is 0 Å². The van der Waals surface area contributed by atoms with Crippen LogP contribution in [0.3, 0.4) is 0 Å². The Hall–Kier alpha value is -1.62. The second kappa shape index (κ2) is 4.81. The fraction of sp³-hybridized carbons (Fsp3) is 0.286. The fourth-order valence-electron chi connectivity index (χ4n) is 1.90. The van der Waals surface area contributed by atoms with Crippen molar-refractivity contribution in [3.63, 3.8) is 0 Å². The summed E-state index contributed by atoms with van der Waals surface area (Å²) in [5.74, 6) is 1.13. The molecule has 98 valence electrons. The summed E-state index contributed by atoms with van der Waals surface area (Å²) in [5, 5.41) is 3.41. The normalized spacial score (nSPS) is 14.4. The molecule has 3 rings (SSSR count). The molecule has 1 fully saturated rings. The number of halogens is 1. The first-order valence-corrected chi connectivity index (χ1v) is 7.08. The molecular formula is C14H15BrN4. The predicted octanol–water partition coefficient (Wildman–Crippen LogP) is 3.37. The van der Waals surface area contributed by atoms with E-state index in [1.54, 1.807) is 6.20 Å². The summed E-state index contributed by atoms with van der Waals surface area (Å²) in [6.45, 7) is 2.07. The third-order valence-corrected chi connectivity index (χ3v) is 4.06. The highest BCUT2D eigenvalue weighted by molar-refractivity contribution is 9.10. The first-order valence-electron chi connectivity index (χ1n) is 6.29. The standard InChI is InChI=1S/C14H15BrN4/c1-8-2-3-9(6-12(8)15)11-7-17-14(16)19-13(11)18-10-4-5-10/h2-3,6-7,10H,4-5H2,1H3,(H3,16,17,18,19). The van der Waals surface area contributed by atoms with Gasteiger partial charge in [0.25, 0.3) is 0 Å². The minimum absolute atomic E-state index is 0.304. The van der Waals surface area contributed by atoms with Crippen molar-refractivity contribution in [3.8, 4) is 11.1 Å². The highest BCUT2D eigenvalue weighted by Gasteiger charge is 2.23. The molecule has 0 aliphatic heterocycles. The van der Waals surface area contributed by atoms with E-state index in [-0.39, 0.29) is 0 Å². The highest BCUT2D eigenvalue weighted by Crippen LogP contribution is 2.33. The van der Waals surface area contributed by atoms with Crippen molar-refractivity contribution < 1.29 is 0 Å². The molecule has 0 bridgehead atoms. The van der Waals surface area contributed by atoms with Crippen LogP contribution in [0.2, 0.25) is 0 Å². The van der Waals surface area contributed by atoms with E-state index in [4.69, 9.17) is 5.73 Å². The smallest absolute Gasteiger partial charge is 0.221 e. The number of nitrogen functional groups attached to an aromatic ring is 1. The number of hydrogen-bond donors (Lipinski definition) is 2. The zero-order chi connectivity index (χ0) is 13.4. The molecule has 0 radical (unpaired) electrons. The van der Waals surface area contributed by atoms with Crippen LogP contribution in [0.4, 0.5) is 11.8 Å². The Morgan fingerprint density at radius 3 is 2.84 bits per heavy atom. The van der Waals surface area contributed by atoms with E-state index in [0.29, 0.717) is 12.0 Å². The van der Waals surface area contributed by atoms with Gasteiger partial charge in [-0.15, -0.1) is 0 Å². The number of aryl methyl sites for hydroxylation is 1. The van der Waals surface area contributed by atoms with E-state index in [0.717, 1.165) is 21.4 Å². The largest absolute Gasteiger partial charge is 0.368 e. The number of nitrogens with zero attached hydrogens (tertiary/aromatic N) is 2. The van der Waals surface area contributed by atoms with Crippen LogP contribution in [0, 0.1) is 6.92 Å². The van der Waals surface area contributed by atoms with Crippen molar-refractivity contribution >= 4 is 27.7 Å². The van der Waals surface area contributed by atoms with Gasteiger partial charge in [0.1, 0.15) is 5.82 Å². The zero-order valence-electron chi connectivity index (χ0n) is 10.7. The molecular weight excluding hydrogens is 304 g/mol. The number of benzene rings is 1. The summed E-state index contributed by atoms with van der Waals surface area (Å²) < 4.78 is 1.08. The van der Waals surface area contributed by atoms with Gasteiger partial charge in [0.05, 0.1) is 0 Å². The molecule has 0 saturated heterocycles. The lowest BCUT2D eigenvalue weighted by Crippen LogP contribution is -2.07. The molecule has 1 aliphatic carbocycles. The molecule has 1 aromatic carbocycles. The van der Waals surface area contributed by atoms with Crippen LogP contribution in [0.25, 0.3) is 11.1 Å². The van der Waals surface area contributed by atoms with Gasteiger partial charge in [-0.25, -0.2) is 4.98 Å². The molecule has 1 saturated carbocycles. The van der Waals surface area contributed by atoms with Gasteiger partial charge in [-0.05, 0) is 37.0 Å². The van der Waals surface area contributed by atoms with Crippen LogP contribution in [0.5, 0.6) is 0 Å². The van der Waals surface area contributed by atoms with Crippen molar-refractivity contribution in [2.45, 2.75) is 25.8 Å². The predicted molar refractivity (Wildman–Crippen MR) is 81.0 cm³/mol. The molecule has 0 spiro atoms. The first kappa shape index (κ1) is 12.4. The number of aromatic nitrogens is 2. The summed E-state index contributed by atoms with van der Waals surface area (Å²) in [6.07, 6.45) is 4.17. The van der Waals surface area contributed by atoms with Crippen molar-refractivity contribution in [2.75, 3.05) is 11.1 Å². The molecule has 4 nitrogen and oxygen atoms in total. The zero-order valence-corrected chi connectivity index (χ0v) is 12.2. The second-order valence-corrected chi connectivity index (χ2v) is 5.73. The van der Waals surface area contributed by atoms with Gasteiger partial charge in [0, 0.05) is 22.3 Å². The average molecular weight is 319 g/mol. The molecule has 0 unspecified atom stereocenters. The summed E-state index contributed by atoms with van der Waals surface area (Å²) >= 11 is 3.56. The Kier molecular flexibility index (Phi) is 3.14. The highest BCUT2D eigenvalue weighted by atomic mass is 79.9. The summed E-state index contributed by atoms with van der Waals surface area (Å²) in [7, 11) is 0. The SMILES string of the molecule is Cc1ccc(-c2cnc(N)nc2NC2CC2)cc1Br. The molecule has 19 heavy (non-hydrogen) atoms. The molecule has 1 heterocycles. The number of anilines is 2. The van der Waals surface area contributed by atoms with Crippen molar-refractivity contribution in [2.24, 2.45) is 0 Å². The Labute approximate surface area is 120 Å². The topological polar surface area (TPSA) is 63.8 Å². The maximum absolute atomic E-state index is 5.68. The maximum Gasteiger partial charge on any atom is 0.221 e. The van der Waals surface area contributed by atoms with Gasteiger partial charge >= 0.3 is 0 Å². The van der Waals surface area contributed by atoms with Crippen LogP contribution in [0.1, 0.15) is 18.4 Å². The summed E-state index contributed by atoms with van der Waals surface area (Å²) in [5.41, 5.74) is 8.96. The summed E-state index contributed by atoms with van der Waals surface area (Å²) in [6, 6.07) is 6.77. The average Bonchev–Trinajstić information content (AvgIpc) is 3.17. The Morgan fingerprint density at radius 1 is 1.37 bits per heavy atom. The minimum atomic E-state index is 0.304. The molecule has 0 amide bonds. The van der Waals surface area contributed by atoms with Crippen molar-refractivity contribution in [1.82, 2.24) is 9.97 Å². The van der Waals surface area contributed by atoms with E-state index in [2.05, 4.69) is 56.3 Å². The minimum Gasteiger partial charge on any atom is -0.368 e. The molecule has 5 heteroatoms. The molecule has 2 aromatic rings. The lowest BCUT2D eigenvalue weighted by molar-refractivity contribution is 1.09. The van der Waals surface area contributed by atoms with E-state index in [1.807, 2.05) is 0 Å². The molecule has 1 aliphatic rings. The summed E-state index contributed by atoms with van der Waals surface area (Å²) in [4.78, 5) is 8.43. The van der Waals surface area contributed by atoms with Crippen molar-refractivity contribution in [3.05, 3.63) is 34.4 Å². The number of hydrogen-bond acceptors (Lipinski definition) is 4.